The third-order valence-corrected chi connectivity index (χ3v) is 3.21. The van der Waals surface area contributed by atoms with Crippen molar-refractivity contribution in [3.63, 3.8) is 0 Å². The largest absolute Gasteiger partial charge is 0.481 e. The summed E-state index contributed by atoms with van der Waals surface area (Å²) in [6.45, 7) is 7.13. The first-order valence-electron chi connectivity index (χ1n) is 6.67. The molecule has 0 atom stereocenters. The second-order valence-corrected chi connectivity index (χ2v) is 5.81. The molecule has 0 aliphatic rings. The summed E-state index contributed by atoms with van der Waals surface area (Å²) in [6, 6.07) is 7.61. The van der Waals surface area contributed by atoms with Gasteiger partial charge in [0.1, 0.15) is 5.52 Å². The number of hydrogen-bond donors (Lipinski definition) is 1. The van der Waals surface area contributed by atoms with Crippen LogP contribution in [0.1, 0.15) is 33.1 Å². The molecule has 20 heavy (non-hydrogen) atoms. The van der Waals surface area contributed by atoms with E-state index in [4.69, 9.17) is 9.52 Å². The van der Waals surface area contributed by atoms with Crippen LogP contribution in [0.3, 0.4) is 0 Å². The lowest BCUT2D eigenvalue weighted by molar-refractivity contribution is -0.137. The van der Waals surface area contributed by atoms with Crippen molar-refractivity contribution in [1.29, 1.82) is 0 Å². The maximum Gasteiger partial charge on any atom is 0.304 e. The minimum Gasteiger partial charge on any atom is -0.481 e. The maximum absolute atomic E-state index is 10.8. The number of hydrogen-bond acceptors (Lipinski definition) is 4. The van der Waals surface area contributed by atoms with Crippen LogP contribution in [-0.4, -0.2) is 33.0 Å². The highest BCUT2D eigenvalue weighted by atomic mass is 16.4. The Labute approximate surface area is 118 Å². The van der Waals surface area contributed by atoms with Gasteiger partial charge in [0, 0.05) is 12.1 Å². The molecule has 2 aromatic rings. The molecule has 0 saturated heterocycles. The Bertz CT molecular complexity index is 565. The molecule has 0 bridgehead atoms. The van der Waals surface area contributed by atoms with E-state index >= 15 is 0 Å². The second-order valence-electron chi connectivity index (χ2n) is 5.81. The van der Waals surface area contributed by atoms with E-state index in [0.717, 1.165) is 11.1 Å². The van der Waals surface area contributed by atoms with Crippen molar-refractivity contribution in [2.45, 2.75) is 39.3 Å². The number of oxazole rings is 1. The first kappa shape index (κ1) is 14.5. The molecule has 1 aromatic carbocycles. The summed E-state index contributed by atoms with van der Waals surface area (Å²) >= 11 is 0. The number of carbonyl (C=O) groups is 1. The van der Waals surface area contributed by atoms with E-state index in [1.54, 1.807) is 0 Å². The van der Waals surface area contributed by atoms with E-state index in [1.165, 1.54) is 0 Å². The monoisotopic (exact) mass is 276 g/mol. The Morgan fingerprint density at radius 3 is 2.65 bits per heavy atom. The molecule has 0 unspecified atom stereocenters. The molecule has 5 heteroatoms. The van der Waals surface area contributed by atoms with Crippen LogP contribution in [0.2, 0.25) is 0 Å². The standard InChI is InChI=1S/C15H20N2O3/c1-15(2,3)17(9-8-14(18)19)10-13-16-11-6-4-5-7-12(11)20-13/h4-7H,8-10H2,1-3H3,(H,18,19). The highest BCUT2D eigenvalue weighted by Gasteiger charge is 2.23. The molecule has 0 spiro atoms. The van der Waals surface area contributed by atoms with Gasteiger partial charge in [-0.3, -0.25) is 9.69 Å². The van der Waals surface area contributed by atoms with Crippen LogP contribution < -0.4 is 0 Å². The molecule has 1 N–H and O–H groups in total. The van der Waals surface area contributed by atoms with E-state index < -0.39 is 5.97 Å². The molecular weight excluding hydrogens is 256 g/mol. The van der Waals surface area contributed by atoms with Gasteiger partial charge in [-0.15, -0.1) is 0 Å². The van der Waals surface area contributed by atoms with Crippen molar-refractivity contribution >= 4 is 17.1 Å². The van der Waals surface area contributed by atoms with Crippen molar-refractivity contribution < 1.29 is 14.3 Å². The summed E-state index contributed by atoms with van der Waals surface area (Å²) in [5.74, 6) is -0.177. The Balaban J connectivity index is 2.16. The lowest BCUT2D eigenvalue weighted by atomic mass is 10.1. The Kier molecular flexibility index (Phi) is 4.09. The fourth-order valence-corrected chi connectivity index (χ4v) is 2.03. The fraction of sp³-hybridized carbons (Fsp3) is 0.467. The predicted molar refractivity (Wildman–Crippen MR) is 76.4 cm³/mol. The minimum absolute atomic E-state index is 0.109. The smallest absolute Gasteiger partial charge is 0.304 e. The third kappa shape index (κ3) is 3.57. The maximum atomic E-state index is 10.8. The van der Waals surface area contributed by atoms with Crippen LogP contribution in [0.5, 0.6) is 0 Å². The molecule has 1 aromatic heterocycles. The van der Waals surface area contributed by atoms with Gasteiger partial charge >= 0.3 is 5.97 Å². The summed E-state index contributed by atoms with van der Waals surface area (Å²) < 4.78 is 5.70. The highest BCUT2D eigenvalue weighted by Crippen LogP contribution is 2.20. The molecule has 108 valence electrons. The second kappa shape index (κ2) is 5.63. The number of carboxylic acids is 1. The Hall–Kier alpha value is -1.88. The average Bonchev–Trinajstić information content (AvgIpc) is 2.75. The van der Waals surface area contributed by atoms with Gasteiger partial charge in [-0.05, 0) is 32.9 Å². The van der Waals surface area contributed by atoms with Crippen LogP contribution >= 0.6 is 0 Å². The number of fused-ring (bicyclic) bond motifs is 1. The van der Waals surface area contributed by atoms with Crippen molar-refractivity contribution in [2.75, 3.05) is 6.54 Å². The Morgan fingerprint density at radius 2 is 2.05 bits per heavy atom. The molecule has 0 aliphatic carbocycles. The zero-order valence-electron chi connectivity index (χ0n) is 12.1. The molecule has 0 fully saturated rings. The lowest BCUT2D eigenvalue weighted by Crippen LogP contribution is -2.42. The van der Waals surface area contributed by atoms with Crippen LogP contribution in [0.15, 0.2) is 28.7 Å². The van der Waals surface area contributed by atoms with Crippen molar-refractivity contribution in [3.8, 4) is 0 Å². The quantitative estimate of drug-likeness (QED) is 0.909. The Morgan fingerprint density at radius 1 is 1.35 bits per heavy atom. The van der Waals surface area contributed by atoms with Gasteiger partial charge in [0.15, 0.2) is 5.58 Å². The number of aliphatic carboxylic acids is 1. The van der Waals surface area contributed by atoms with Gasteiger partial charge in [0.2, 0.25) is 5.89 Å². The number of carboxylic acid groups (broad SMARTS) is 1. The highest BCUT2D eigenvalue weighted by molar-refractivity contribution is 5.72. The molecule has 1 heterocycles. The van der Waals surface area contributed by atoms with E-state index in [2.05, 4.69) is 30.7 Å². The summed E-state index contributed by atoms with van der Waals surface area (Å²) in [4.78, 5) is 17.3. The van der Waals surface area contributed by atoms with E-state index in [1.807, 2.05) is 24.3 Å². The summed E-state index contributed by atoms with van der Waals surface area (Å²) in [6.07, 6.45) is 0.109. The van der Waals surface area contributed by atoms with Crippen LogP contribution in [0.25, 0.3) is 11.1 Å². The normalized spacial score (nSPS) is 12.2. The number of aromatic nitrogens is 1. The van der Waals surface area contributed by atoms with Crippen LogP contribution in [0, 0.1) is 0 Å². The number of nitrogens with zero attached hydrogens (tertiary/aromatic N) is 2. The van der Waals surface area contributed by atoms with E-state index in [0.29, 0.717) is 19.0 Å². The van der Waals surface area contributed by atoms with Gasteiger partial charge in [-0.25, -0.2) is 4.98 Å². The molecule has 0 amide bonds. The van der Waals surface area contributed by atoms with Gasteiger partial charge in [0.05, 0.1) is 13.0 Å². The summed E-state index contributed by atoms with van der Waals surface area (Å²) in [5, 5.41) is 8.84. The first-order valence-corrected chi connectivity index (χ1v) is 6.67. The molecule has 0 saturated carbocycles. The molecule has 0 radical (unpaired) electrons. The van der Waals surface area contributed by atoms with Gasteiger partial charge in [-0.2, -0.15) is 0 Å². The topological polar surface area (TPSA) is 66.6 Å². The van der Waals surface area contributed by atoms with E-state index in [9.17, 15) is 4.79 Å². The van der Waals surface area contributed by atoms with E-state index in [-0.39, 0.29) is 12.0 Å². The van der Waals surface area contributed by atoms with Crippen molar-refractivity contribution in [2.24, 2.45) is 0 Å². The van der Waals surface area contributed by atoms with Crippen molar-refractivity contribution in [1.82, 2.24) is 9.88 Å². The minimum atomic E-state index is -0.795. The number of benzene rings is 1. The SMILES string of the molecule is CC(C)(C)N(CCC(=O)O)Cc1nc2ccccc2o1. The van der Waals surface area contributed by atoms with Gasteiger partial charge in [0.25, 0.3) is 0 Å². The average molecular weight is 276 g/mol. The number of para-hydroxylation sites is 2. The van der Waals surface area contributed by atoms with Crippen molar-refractivity contribution in [3.05, 3.63) is 30.2 Å². The zero-order valence-corrected chi connectivity index (χ0v) is 12.1. The first-order chi connectivity index (χ1) is 9.36. The molecule has 0 aliphatic heterocycles. The number of rotatable bonds is 5. The lowest BCUT2D eigenvalue weighted by Gasteiger charge is -2.34. The molecule has 5 nitrogen and oxygen atoms in total. The predicted octanol–water partition coefficient (Wildman–Crippen LogP) is 2.90. The van der Waals surface area contributed by atoms with Gasteiger partial charge < -0.3 is 9.52 Å². The summed E-state index contributed by atoms with van der Waals surface area (Å²) in [5.41, 5.74) is 1.44. The molecular formula is C15H20N2O3. The van der Waals surface area contributed by atoms with Crippen LogP contribution in [-0.2, 0) is 11.3 Å². The van der Waals surface area contributed by atoms with Crippen LogP contribution in [0.4, 0.5) is 0 Å². The third-order valence-electron chi connectivity index (χ3n) is 3.21. The fourth-order valence-electron chi connectivity index (χ4n) is 2.03. The molecule has 2 rings (SSSR count). The summed E-state index contributed by atoms with van der Waals surface area (Å²) in [7, 11) is 0. The van der Waals surface area contributed by atoms with Gasteiger partial charge in [-0.1, -0.05) is 12.1 Å². The zero-order chi connectivity index (χ0) is 14.8.